The van der Waals surface area contributed by atoms with Gasteiger partial charge in [-0.05, 0) is 56.2 Å². The molecule has 2 aliphatic carbocycles. The highest BCUT2D eigenvalue weighted by Crippen LogP contribution is 2.38. The summed E-state index contributed by atoms with van der Waals surface area (Å²) in [6, 6.07) is 10.9. The van der Waals surface area contributed by atoms with Crippen molar-refractivity contribution >= 4 is 0 Å². The van der Waals surface area contributed by atoms with E-state index in [1.54, 1.807) is 11.1 Å². The van der Waals surface area contributed by atoms with Gasteiger partial charge in [-0.3, -0.25) is 4.90 Å². The van der Waals surface area contributed by atoms with Gasteiger partial charge in [-0.1, -0.05) is 31.2 Å². The summed E-state index contributed by atoms with van der Waals surface area (Å²) in [5.41, 5.74) is 9.20. The maximum absolute atomic E-state index is 6.05. The van der Waals surface area contributed by atoms with Crippen LogP contribution in [-0.2, 0) is 6.42 Å². The van der Waals surface area contributed by atoms with Gasteiger partial charge < -0.3 is 5.73 Å². The van der Waals surface area contributed by atoms with Crippen LogP contribution in [0.3, 0.4) is 0 Å². The number of benzene rings is 1. The molecule has 1 aromatic rings. The minimum absolute atomic E-state index is 0.450. The first-order valence-electron chi connectivity index (χ1n) is 7.88. The highest BCUT2D eigenvalue weighted by molar-refractivity contribution is 5.34. The van der Waals surface area contributed by atoms with E-state index in [0.29, 0.717) is 12.1 Å². The molecule has 0 bridgehead atoms. The molecule has 0 saturated heterocycles. The highest BCUT2D eigenvalue weighted by atomic mass is 15.2. The highest BCUT2D eigenvalue weighted by Gasteiger charge is 2.32. The fraction of sp³-hybridized carbons (Fsp3) is 0.647. The zero-order valence-electron chi connectivity index (χ0n) is 12.0. The molecule has 1 atom stereocenters. The van der Waals surface area contributed by atoms with Crippen LogP contribution in [0.25, 0.3) is 0 Å². The van der Waals surface area contributed by atoms with Crippen LogP contribution in [0.1, 0.15) is 56.2 Å². The minimum Gasteiger partial charge on any atom is -0.328 e. The predicted octanol–water partition coefficient (Wildman–Crippen LogP) is 3.27. The zero-order valence-corrected chi connectivity index (χ0v) is 12.0. The third kappa shape index (κ3) is 2.56. The van der Waals surface area contributed by atoms with Crippen LogP contribution in [0.4, 0.5) is 0 Å². The molecule has 2 nitrogen and oxygen atoms in total. The number of nitrogens with zero attached hydrogens (tertiary/aromatic N) is 1. The van der Waals surface area contributed by atoms with Gasteiger partial charge >= 0.3 is 0 Å². The van der Waals surface area contributed by atoms with E-state index in [1.165, 1.54) is 45.1 Å². The second-order valence-corrected chi connectivity index (χ2v) is 6.15. The van der Waals surface area contributed by atoms with Gasteiger partial charge in [0.2, 0.25) is 0 Å². The van der Waals surface area contributed by atoms with Crippen molar-refractivity contribution < 1.29 is 0 Å². The Bertz CT molecular complexity index is 421. The molecule has 3 rings (SSSR count). The van der Waals surface area contributed by atoms with E-state index >= 15 is 0 Å². The third-order valence-corrected chi connectivity index (χ3v) is 5.08. The van der Waals surface area contributed by atoms with Crippen molar-refractivity contribution in [3.63, 3.8) is 0 Å². The summed E-state index contributed by atoms with van der Waals surface area (Å²) >= 11 is 0. The Labute approximate surface area is 117 Å². The Balaban J connectivity index is 1.76. The van der Waals surface area contributed by atoms with Gasteiger partial charge in [0.25, 0.3) is 0 Å². The lowest BCUT2D eigenvalue weighted by Crippen LogP contribution is -2.42. The second-order valence-electron chi connectivity index (χ2n) is 6.15. The van der Waals surface area contributed by atoms with Crippen molar-refractivity contribution in [1.82, 2.24) is 4.90 Å². The summed E-state index contributed by atoms with van der Waals surface area (Å²) in [7, 11) is 0. The quantitative estimate of drug-likeness (QED) is 0.901. The SMILES string of the molecule is CCN(C1CCC(N)CC1)C1CCc2ccccc21. The van der Waals surface area contributed by atoms with Gasteiger partial charge in [0.15, 0.2) is 0 Å². The van der Waals surface area contributed by atoms with E-state index in [0.717, 1.165) is 6.04 Å². The molecule has 104 valence electrons. The smallest absolute Gasteiger partial charge is 0.0356 e. The number of fused-ring (bicyclic) bond motifs is 1. The average Bonchev–Trinajstić information content (AvgIpc) is 2.86. The topological polar surface area (TPSA) is 29.3 Å². The van der Waals surface area contributed by atoms with Crippen LogP contribution in [0.2, 0.25) is 0 Å². The Morgan fingerprint density at radius 1 is 1.11 bits per heavy atom. The van der Waals surface area contributed by atoms with E-state index in [-0.39, 0.29) is 0 Å². The third-order valence-electron chi connectivity index (χ3n) is 5.08. The Kier molecular flexibility index (Phi) is 3.90. The van der Waals surface area contributed by atoms with E-state index in [1.807, 2.05) is 0 Å². The van der Waals surface area contributed by atoms with Crippen LogP contribution < -0.4 is 5.73 Å². The lowest BCUT2D eigenvalue weighted by atomic mass is 9.89. The molecule has 19 heavy (non-hydrogen) atoms. The van der Waals surface area contributed by atoms with E-state index in [4.69, 9.17) is 5.73 Å². The van der Waals surface area contributed by atoms with Crippen LogP contribution in [0, 0.1) is 0 Å². The normalized spacial score (nSPS) is 30.6. The van der Waals surface area contributed by atoms with Crippen LogP contribution >= 0.6 is 0 Å². The van der Waals surface area contributed by atoms with Crippen molar-refractivity contribution in [1.29, 1.82) is 0 Å². The average molecular weight is 258 g/mol. The fourth-order valence-corrected chi connectivity index (χ4v) is 4.05. The van der Waals surface area contributed by atoms with Gasteiger partial charge in [-0.25, -0.2) is 0 Å². The largest absolute Gasteiger partial charge is 0.328 e. The standard InChI is InChI=1S/C17H26N2/c1-2-19(15-10-8-14(18)9-11-15)17-12-7-13-5-3-4-6-16(13)17/h3-6,14-15,17H,2,7-12,18H2,1H3. The molecule has 1 unspecified atom stereocenters. The van der Waals surface area contributed by atoms with Crippen molar-refractivity contribution in [3.8, 4) is 0 Å². The van der Waals surface area contributed by atoms with Crippen molar-refractivity contribution in [2.75, 3.05) is 6.54 Å². The number of aryl methyl sites for hydroxylation is 1. The summed E-state index contributed by atoms with van der Waals surface area (Å²) in [5.74, 6) is 0. The van der Waals surface area contributed by atoms with E-state index in [9.17, 15) is 0 Å². The van der Waals surface area contributed by atoms with Crippen molar-refractivity contribution in [2.45, 2.75) is 63.6 Å². The first-order valence-corrected chi connectivity index (χ1v) is 7.88. The molecule has 0 radical (unpaired) electrons. The maximum atomic E-state index is 6.05. The lowest BCUT2D eigenvalue weighted by Gasteiger charge is -2.39. The van der Waals surface area contributed by atoms with Crippen molar-refractivity contribution in [2.24, 2.45) is 5.73 Å². The number of hydrogen-bond donors (Lipinski definition) is 1. The first kappa shape index (κ1) is 13.1. The van der Waals surface area contributed by atoms with Gasteiger partial charge in [0.1, 0.15) is 0 Å². The van der Waals surface area contributed by atoms with E-state index < -0.39 is 0 Å². The molecule has 0 aliphatic heterocycles. The molecule has 0 aromatic heterocycles. The van der Waals surface area contributed by atoms with Crippen LogP contribution in [-0.4, -0.2) is 23.5 Å². The van der Waals surface area contributed by atoms with E-state index in [2.05, 4.69) is 36.1 Å². The Morgan fingerprint density at radius 3 is 2.58 bits per heavy atom. The first-order chi connectivity index (χ1) is 9.29. The van der Waals surface area contributed by atoms with Gasteiger partial charge in [0, 0.05) is 18.1 Å². The molecule has 1 fully saturated rings. The minimum atomic E-state index is 0.450. The summed E-state index contributed by atoms with van der Waals surface area (Å²) in [4.78, 5) is 2.75. The Hall–Kier alpha value is -0.860. The molecular weight excluding hydrogens is 232 g/mol. The number of hydrogen-bond acceptors (Lipinski definition) is 2. The summed E-state index contributed by atoms with van der Waals surface area (Å²) < 4.78 is 0. The lowest BCUT2D eigenvalue weighted by molar-refractivity contribution is 0.106. The molecule has 1 aromatic carbocycles. The van der Waals surface area contributed by atoms with Gasteiger partial charge in [0.05, 0.1) is 0 Å². The summed E-state index contributed by atoms with van der Waals surface area (Å²) in [5, 5.41) is 0. The van der Waals surface area contributed by atoms with Gasteiger partial charge in [-0.15, -0.1) is 0 Å². The Morgan fingerprint density at radius 2 is 1.84 bits per heavy atom. The molecule has 0 amide bonds. The van der Waals surface area contributed by atoms with Gasteiger partial charge in [-0.2, -0.15) is 0 Å². The molecule has 1 saturated carbocycles. The maximum Gasteiger partial charge on any atom is 0.0356 e. The molecular formula is C17H26N2. The molecule has 0 heterocycles. The molecule has 0 spiro atoms. The summed E-state index contributed by atoms with van der Waals surface area (Å²) in [6.45, 7) is 3.48. The van der Waals surface area contributed by atoms with Crippen LogP contribution in [0.15, 0.2) is 24.3 Å². The fourth-order valence-electron chi connectivity index (χ4n) is 4.05. The van der Waals surface area contributed by atoms with Crippen LogP contribution in [0.5, 0.6) is 0 Å². The molecule has 2 N–H and O–H groups in total. The predicted molar refractivity (Wildman–Crippen MR) is 80.1 cm³/mol. The number of rotatable bonds is 3. The molecule has 2 aliphatic rings. The zero-order chi connectivity index (χ0) is 13.2. The summed E-state index contributed by atoms with van der Waals surface area (Å²) in [6.07, 6.45) is 7.53. The monoisotopic (exact) mass is 258 g/mol. The molecule has 2 heteroatoms. The number of nitrogens with two attached hydrogens (primary N) is 1. The van der Waals surface area contributed by atoms with Crippen molar-refractivity contribution in [3.05, 3.63) is 35.4 Å². The second kappa shape index (κ2) is 5.64.